The van der Waals surface area contributed by atoms with Crippen molar-refractivity contribution in [3.8, 4) is 6.07 Å². The van der Waals surface area contributed by atoms with Crippen LogP contribution in [0.5, 0.6) is 0 Å². The molecule has 0 spiro atoms. The minimum Gasteiger partial charge on any atom is -0.416 e. The molecule has 1 fully saturated rings. The molecule has 0 bridgehead atoms. The second-order valence-electron chi connectivity index (χ2n) is 11.9. The zero-order valence-corrected chi connectivity index (χ0v) is 20.9. The quantitative estimate of drug-likeness (QED) is 0.537. The van der Waals surface area contributed by atoms with Gasteiger partial charge in [-0.25, -0.2) is 0 Å². The molecule has 0 amide bonds. The highest BCUT2D eigenvalue weighted by Gasteiger charge is 2.60. The lowest BCUT2D eigenvalue weighted by atomic mass is 9.45. The Balaban J connectivity index is 2.10. The van der Waals surface area contributed by atoms with Crippen LogP contribution in [0.15, 0.2) is 23.3 Å². The van der Waals surface area contributed by atoms with Crippen LogP contribution in [0.1, 0.15) is 67.2 Å². The molecular formula is C25H37NO3Si. The molecule has 1 saturated carbocycles. The van der Waals surface area contributed by atoms with Crippen molar-refractivity contribution in [3.63, 3.8) is 0 Å². The Morgan fingerprint density at radius 1 is 1.20 bits per heavy atom. The molecule has 0 unspecified atom stereocenters. The van der Waals surface area contributed by atoms with E-state index in [1.54, 1.807) is 0 Å². The maximum absolute atomic E-state index is 13.0. The largest absolute Gasteiger partial charge is 0.416 e. The fraction of sp³-hybridized carbons (Fsp3) is 0.720. The Morgan fingerprint density at radius 2 is 1.83 bits per heavy atom. The number of fused-ring (bicyclic) bond motifs is 3. The first-order valence-corrected chi connectivity index (χ1v) is 14.1. The summed E-state index contributed by atoms with van der Waals surface area (Å²) in [4.78, 5) is 25.5. The van der Waals surface area contributed by atoms with Gasteiger partial charge in [0.25, 0.3) is 0 Å². The molecule has 3 aliphatic carbocycles. The number of carbonyl (C=O) groups excluding carboxylic acids is 2. The summed E-state index contributed by atoms with van der Waals surface area (Å²) in [5, 5.41) is 9.78. The van der Waals surface area contributed by atoms with Crippen LogP contribution in [0.3, 0.4) is 0 Å². The van der Waals surface area contributed by atoms with E-state index in [1.807, 2.05) is 26.0 Å². The molecule has 3 aliphatic rings. The van der Waals surface area contributed by atoms with Crippen LogP contribution in [0.2, 0.25) is 18.1 Å². The van der Waals surface area contributed by atoms with Gasteiger partial charge in [-0.2, -0.15) is 5.26 Å². The minimum atomic E-state index is -1.95. The fourth-order valence-electron chi connectivity index (χ4n) is 5.78. The molecule has 0 saturated heterocycles. The molecule has 0 aliphatic heterocycles. The van der Waals surface area contributed by atoms with E-state index in [0.29, 0.717) is 13.0 Å². The Morgan fingerprint density at radius 3 is 2.40 bits per heavy atom. The highest BCUT2D eigenvalue weighted by Crippen LogP contribution is 2.64. The summed E-state index contributed by atoms with van der Waals surface area (Å²) >= 11 is 0. The van der Waals surface area contributed by atoms with E-state index in [1.165, 1.54) is 0 Å². The van der Waals surface area contributed by atoms with E-state index in [-0.39, 0.29) is 33.5 Å². The number of hydrogen-bond acceptors (Lipinski definition) is 4. The van der Waals surface area contributed by atoms with Crippen molar-refractivity contribution in [2.75, 3.05) is 6.61 Å². The maximum atomic E-state index is 13.0. The summed E-state index contributed by atoms with van der Waals surface area (Å²) in [6.45, 7) is 18.0. The zero-order chi connectivity index (χ0) is 22.8. The van der Waals surface area contributed by atoms with Gasteiger partial charge in [0, 0.05) is 29.3 Å². The summed E-state index contributed by atoms with van der Waals surface area (Å²) in [5.74, 6) is 0.157. The second kappa shape index (κ2) is 7.00. The van der Waals surface area contributed by atoms with Gasteiger partial charge in [-0.15, -0.1) is 0 Å². The molecular weight excluding hydrogens is 390 g/mol. The average molecular weight is 428 g/mol. The van der Waals surface area contributed by atoms with Crippen molar-refractivity contribution in [1.82, 2.24) is 0 Å². The summed E-state index contributed by atoms with van der Waals surface area (Å²) in [7, 11) is -1.95. The van der Waals surface area contributed by atoms with Gasteiger partial charge in [0.05, 0.1) is 5.57 Å². The van der Waals surface area contributed by atoms with E-state index in [4.69, 9.17) is 4.43 Å². The molecule has 164 valence electrons. The first-order valence-electron chi connectivity index (χ1n) is 11.2. The molecule has 0 aromatic rings. The molecule has 4 nitrogen and oxygen atoms in total. The van der Waals surface area contributed by atoms with E-state index in [0.717, 1.165) is 24.8 Å². The van der Waals surface area contributed by atoms with E-state index in [2.05, 4.69) is 46.9 Å². The van der Waals surface area contributed by atoms with Crippen LogP contribution in [-0.2, 0) is 14.0 Å². The predicted molar refractivity (Wildman–Crippen MR) is 121 cm³/mol. The SMILES string of the molecule is CC1(C)C(=O)C(C#N)=C[C@]2(C)C3=CC(=O)CC[C@]3(CO[Si](C)(C)C(C)(C)C)CC[C@@H]12. The third-order valence-electron chi connectivity index (χ3n) is 8.72. The van der Waals surface area contributed by atoms with Crippen LogP contribution >= 0.6 is 0 Å². The number of Topliss-reactive ketones (excluding diaryl/α,β-unsaturated/α-hetero) is 1. The first kappa shape index (κ1) is 23.2. The maximum Gasteiger partial charge on any atom is 0.192 e. The number of nitrogens with zero attached hydrogens (tertiary/aromatic N) is 1. The average Bonchev–Trinajstić information content (AvgIpc) is 2.63. The van der Waals surface area contributed by atoms with Gasteiger partial charge in [-0.1, -0.05) is 47.6 Å². The summed E-state index contributed by atoms with van der Waals surface area (Å²) in [5.41, 5.74) is 0.0337. The number of carbonyl (C=O) groups is 2. The molecule has 0 radical (unpaired) electrons. The van der Waals surface area contributed by atoms with Gasteiger partial charge in [-0.05, 0) is 55.0 Å². The molecule has 0 heterocycles. The minimum absolute atomic E-state index is 0.0692. The van der Waals surface area contributed by atoms with E-state index >= 15 is 0 Å². The van der Waals surface area contributed by atoms with Crippen molar-refractivity contribution < 1.29 is 14.0 Å². The van der Waals surface area contributed by atoms with Gasteiger partial charge in [-0.3, -0.25) is 9.59 Å². The van der Waals surface area contributed by atoms with Crippen molar-refractivity contribution >= 4 is 19.9 Å². The second-order valence-corrected chi connectivity index (χ2v) is 16.8. The number of ketones is 2. The third-order valence-corrected chi connectivity index (χ3v) is 13.2. The number of hydrogen-bond donors (Lipinski definition) is 0. The molecule has 5 heteroatoms. The molecule has 0 aromatic heterocycles. The monoisotopic (exact) mass is 427 g/mol. The molecule has 3 atom stereocenters. The van der Waals surface area contributed by atoms with Crippen molar-refractivity contribution in [2.45, 2.75) is 85.4 Å². The Kier molecular flexibility index (Phi) is 5.40. The van der Waals surface area contributed by atoms with E-state index < -0.39 is 19.1 Å². The topological polar surface area (TPSA) is 67.2 Å². The Labute approximate surface area is 182 Å². The van der Waals surface area contributed by atoms with Gasteiger partial charge in [0.2, 0.25) is 0 Å². The smallest absolute Gasteiger partial charge is 0.192 e. The van der Waals surface area contributed by atoms with Crippen molar-refractivity contribution in [2.24, 2.45) is 22.2 Å². The third kappa shape index (κ3) is 3.37. The number of allylic oxidation sites excluding steroid dienone is 3. The standard InChI is InChI=1S/C25H37NO3Si/c1-22(2,3)30(7,8)29-16-25-11-9-18(27)13-20(25)24(6)14-17(15-26)21(28)23(4,5)19(24)10-12-25/h13-14,19H,9-12,16H2,1-8H3/t19-,24-,25+/m0/s1. The van der Waals surface area contributed by atoms with Gasteiger partial charge >= 0.3 is 0 Å². The van der Waals surface area contributed by atoms with Crippen LogP contribution in [0, 0.1) is 33.5 Å². The zero-order valence-electron chi connectivity index (χ0n) is 19.9. The van der Waals surface area contributed by atoms with Crippen LogP contribution < -0.4 is 0 Å². The fourth-order valence-corrected chi connectivity index (χ4v) is 6.85. The lowest BCUT2D eigenvalue weighted by molar-refractivity contribution is -0.131. The van der Waals surface area contributed by atoms with Gasteiger partial charge < -0.3 is 4.43 Å². The molecule has 0 aromatic carbocycles. The highest BCUT2D eigenvalue weighted by molar-refractivity contribution is 6.74. The highest BCUT2D eigenvalue weighted by atomic mass is 28.4. The summed E-state index contributed by atoms with van der Waals surface area (Å²) in [6.07, 6.45) is 6.86. The Hall–Kier alpha value is -1.51. The van der Waals surface area contributed by atoms with Crippen molar-refractivity contribution in [1.29, 1.82) is 5.26 Å². The van der Waals surface area contributed by atoms with Crippen LogP contribution in [0.4, 0.5) is 0 Å². The van der Waals surface area contributed by atoms with Crippen LogP contribution in [0.25, 0.3) is 0 Å². The van der Waals surface area contributed by atoms with Crippen LogP contribution in [-0.4, -0.2) is 26.5 Å². The predicted octanol–water partition coefficient (Wildman–Crippen LogP) is 5.76. The summed E-state index contributed by atoms with van der Waals surface area (Å²) < 4.78 is 6.71. The summed E-state index contributed by atoms with van der Waals surface area (Å²) in [6, 6.07) is 2.14. The van der Waals surface area contributed by atoms with Gasteiger partial charge in [0.1, 0.15) is 6.07 Å². The van der Waals surface area contributed by atoms with Crippen molar-refractivity contribution in [3.05, 3.63) is 23.3 Å². The normalized spacial score (nSPS) is 33.8. The number of nitriles is 1. The molecule has 0 N–H and O–H groups in total. The molecule has 30 heavy (non-hydrogen) atoms. The Bertz CT molecular complexity index is 883. The van der Waals surface area contributed by atoms with Gasteiger partial charge in [0.15, 0.2) is 19.9 Å². The number of rotatable bonds is 3. The molecule has 3 rings (SSSR count). The lowest BCUT2D eigenvalue weighted by Crippen LogP contribution is -2.56. The first-order chi connectivity index (χ1) is 13.6. The lowest BCUT2D eigenvalue weighted by Gasteiger charge is -2.59. The van der Waals surface area contributed by atoms with E-state index in [9.17, 15) is 14.9 Å².